The molecule has 1 N–H and O–H groups in total. The molecule has 3 aromatic rings. The molecule has 2 aromatic heterocycles. The van der Waals surface area contributed by atoms with E-state index in [9.17, 15) is 13.2 Å². The lowest BCUT2D eigenvalue weighted by molar-refractivity contribution is 0.0785. The van der Waals surface area contributed by atoms with E-state index < -0.39 is 10.0 Å². The Labute approximate surface area is 168 Å². The number of rotatable bonds is 6. The molecule has 1 aromatic carbocycles. The summed E-state index contributed by atoms with van der Waals surface area (Å²) in [6, 6.07) is 12.3. The average Bonchev–Trinajstić information content (AvgIpc) is 2.69. The van der Waals surface area contributed by atoms with Crippen LogP contribution in [0.5, 0.6) is 0 Å². The van der Waals surface area contributed by atoms with Crippen molar-refractivity contribution in [1.29, 1.82) is 0 Å². The van der Waals surface area contributed by atoms with Crippen LogP contribution in [0.15, 0.2) is 72.0 Å². The lowest BCUT2D eigenvalue weighted by Gasteiger charge is -2.17. The first kappa shape index (κ1) is 19.8. The van der Waals surface area contributed by atoms with Gasteiger partial charge in [-0.1, -0.05) is 17.7 Å². The Bertz CT molecular complexity index is 1060. The molecule has 144 valence electrons. The number of carbonyl (C=O) groups is 1. The van der Waals surface area contributed by atoms with Crippen molar-refractivity contribution in [3.63, 3.8) is 0 Å². The molecule has 1 amide bonds. The van der Waals surface area contributed by atoms with Gasteiger partial charge in [0.05, 0.1) is 10.6 Å². The minimum atomic E-state index is -3.75. The molecule has 0 aliphatic rings. The molecule has 7 nitrogen and oxygen atoms in total. The predicted octanol–water partition coefficient (Wildman–Crippen LogP) is 3.20. The zero-order chi connectivity index (χ0) is 20.1. The number of nitrogens with zero attached hydrogens (tertiary/aromatic N) is 3. The molecule has 2 heterocycles. The second kappa shape index (κ2) is 8.37. The van der Waals surface area contributed by atoms with Gasteiger partial charge in [-0.3, -0.25) is 14.5 Å². The summed E-state index contributed by atoms with van der Waals surface area (Å²) in [5.41, 5.74) is 1.62. The standard InChI is InChI=1S/C19H17ClN4O3S/c1-24(13-14-2-7-18(20)22-12-14)19(25)15-3-5-17(6-4-15)28(26,27)23-16-8-10-21-11-9-16/h2-12H,13H2,1H3,(H,21,23). The summed E-state index contributed by atoms with van der Waals surface area (Å²) < 4.78 is 27.3. The van der Waals surface area contributed by atoms with Crippen molar-refractivity contribution >= 4 is 33.2 Å². The Kier molecular flexibility index (Phi) is 5.91. The molecule has 0 spiro atoms. The molecule has 9 heteroatoms. The molecular weight excluding hydrogens is 400 g/mol. The highest BCUT2D eigenvalue weighted by Crippen LogP contribution is 2.17. The van der Waals surface area contributed by atoms with Crippen LogP contribution < -0.4 is 4.72 Å². The van der Waals surface area contributed by atoms with E-state index in [-0.39, 0.29) is 10.8 Å². The van der Waals surface area contributed by atoms with E-state index in [0.717, 1.165) is 5.56 Å². The van der Waals surface area contributed by atoms with Gasteiger partial charge in [-0.2, -0.15) is 0 Å². The fourth-order valence-electron chi connectivity index (χ4n) is 2.48. The van der Waals surface area contributed by atoms with E-state index in [2.05, 4.69) is 14.7 Å². The topological polar surface area (TPSA) is 92.3 Å². The number of aromatic nitrogens is 2. The van der Waals surface area contributed by atoms with Crippen LogP contribution in [0, 0.1) is 0 Å². The molecule has 0 unspecified atom stereocenters. The van der Waals surface area contributed by atoms with Gasteiger partial charge in [-0.25, -0.2) is 13.4 Å². The summed E-state index contributed by atoms with van der Waals surface area (Å²) in [6.45, 7) is 0.354. The number of hydrogen-bond donors (Lipinski definition) is 1. The third-order valence-electron chi connectivity index (χ3n) is 3.90. The largest absolute Gasteiger partial charge is 0.337 e. The maximum absolute atomic E-state index is 12.6. The van der Waals surface area contributed by atoms with Crippen LogP contribution in [-0.2, 0) is 16.6 Å². The quantitative estimate of drug-likeness (QED) is 0.623. The van der Waals surface area contributed by atoms with E-state index in [0.29, 0.717) is 22.9 Å². The summed E-state index contributed by atoms with van der Waals surface area (Å²) in [4.78, 5) is 22.0. The molecule has 0 atom stereocenters. The normalized spacial score (nSPS) is 11.1. The van der Waals surface area contributed by atoms with Crippen LogP contribution in [0.3, 0.4) is 0 Å². The van der Waals surface area contributed by atoms with Crippen molar-refractivity contribution in [1.82, 2.24) is 14.9 Å². The molecule has 0 radical (unpaired) electrons. The molecule has 0 saturated carbocycles. The minimum Gasteiger partial charge on any atom is -0.337 e. The second-order valence-electron chi connectivity index (χ2n) is 6.02. The van der Waals surface area contributed by atoms with Crippen molar-refractivity contribution in [2.24, 2.45) is 0 Å². The highest BCUT2D eigenvalue weighted by Gasteiger charge is 2.17. The third-order valence-corrected chi connectivity index (χ3v) is 5.52. The molecule has 0 bridgehead atoms. The second-order valence-corrected chi connectivity index (χ2v) is 8.09. The van der Waals surface area contributed by atoms with Gasteiger partial charge in [0.2, 0.25) is 0 Å². The summed E-state index contributed by atoms with van der Waals surface area (Å²) in [5, 5.41) is 0.384. The van der Waals surface area contributed by atoms with Crippen LogP contribution in [-0.4, -0.2) is 36.2 Å². The van der Waals surface area contributed by atoms with E-state index in [1.165, 1.54) is 41.6 Å². The predicted molar refractivity (Wildman–Crippen MR) is 107 cm³/mol. The monoisotopic (exact) mass is 416 g/mol. The SMILES string of the molecule is CN(Cc1ccc(Cl)nc1)C(=O)c1ccc(S(=O)(=O)Nc2ccncc2)cc1. The van der Waals surface area contributed by atoms with Gasteiger partial charge >= 0.3 is 0 Å². The number of anilines is 1. The lowest BCUT2D eigenvalue weighted by Crippen LogP contribution is -2.26. The number of pyridine rings is 2. The summed E-state index contributed by atoms with van der Waals surface area (Å²) in [6.07, 6.45) is 4.59. The fourth-order valence-corrected chi connectivity index (χ4v) is 3.65. The number of carbonyl (C=O) groups excluding carboxylic acids is 1. The maximum atomic E-state index is 12.6. The molecule has 0 saturated heterocycles. The Morgan fingerprint density at radius 2 is 1.75 bits per heavy atom. The highest BCUT2D eigenvalue weighted by molar-refractivity contribution is 7.92. The first-order valence-electron chi connectivity index (χ1n) is 8.24. The van der Waals surface area contributed by atoms with Gasteiger partial charge in [0, 0.05) is 37.7 Å². The Hall–Kier alpha value is -2.97. The first-order chi connectivity index (χ1) is 13.3. The molecule has 28 heavy (non-hydrogen) atoms. The summed E-state index contributed by atoms with van der Waals surface area (Å²) >= 11 is 5.76. The van der Waals surface area contributed by atoms with Gasteiger partial charge < -0.3 is 4.90 Å². The van der Waals surface area contributed by atoms with Crippen molar-refractivity contribution in [3.05, 3.63) is 83.4 Å². The van der Waals surface area contributed by atoms with Crippen LogP contribution >= 0.6 is 11.6 Å². The Morgan fingerprint density at radius 3 is 2.36 bits per heavy atom. The molecule has 0 aliphatic heterocycles. The van der Waals surface area contributed by atoms with E-state index in [1.807, 2.05) is 0 Å². The zero-order valence-corrected chi connectivity index (χ0v) is 16.5. The average molecular weight is 417 g/mol. The van der Waals surface area contributed by atoms with Gasteiger partial charge in [-0.05, 0) is 48.0 Å². The van der Waals surface area contributed by atoms with Crippen LogP contribution in [0.2, 0.25) is 5.15 Å². The van der Waals surface area contributed by atoms with E-state index >= 15 is 0 Å². The molecule has 0 aliphatic carbocycles. The Balaban J connectivity index is 1.70. The van der Waals surface area contributed by atoms with Gasteiger partial charge in [0.1, 0.15) is 5.15 Å². The van der Waals surface area contributed by atoms with Crippen LogP contribution in [0.25, 0.3) is 0 Å². The van der Waals surface area contributed by atoms with E-state index in [1.54, 1.807) is 37.5 Å². The number of hydrogen-bond acceptors (Lipinski definition) is 5. The summed E-state index contributed by atoms with van der Waals surface area (Å²) in [5.74, 6) is -0.235. The zero-order valence-electron chi connectivity index (χ0n) is 14.9. The summed E-state index contributed by atoms with van der Waals surface area (Å²) in [7, 11) is -2.09. The number of benzene rings is 1. The van der Waals surface area contributed by atoms with E-state index in [4.69, 9.17) is 11.6 Å². The lowest BCUT2D eigenvalue weighted by atomic mass is 10.2. The van der Waals surface area contributed by atoms with Crippen molar-refractivity contribution in [3.8, 4) is 0 Å². The first-order valence-corrected chi connectivity index (χ1v) is 10.1. The van der Waals surface area contributed by atoms with Gasteiger partial charge in [0.15, 0.2) is 0 Å². The fraction of sp³-hybridized carbons (Fsp3) is 0.105. The smallest absolute Gasteiger partial charge is 0.261 e. The van der Waals surface area contributed by atoms with Crippen LogP contribution in [0.1, 0.15) is 15.9 Å². The number of amides is 1. The molecule has 0 fully saturated rings. The third kappa shape index (κ3) is 4.85. The van der Waals surface area contributed by atoms with Crippen molar-refractivity contribution in [2.45, 2.75) is 11.4 Å². The minimum absolute atomic E-state index is 0.0606. The number of halogens is 1. The number of sulfonamides is 1. The van der Waals surface area contributed by atoms with Gasteiger partial charge in [0.25, 0.3) is 15.9 Å². The highest BCUT2D eigenvalue weighted by atomic mass is 35.5. The van der Waals surface area contributed by atoms with Crippen molar-refractivity contribution in [2.75, 3.05) is 11.8 Å². The maximum Gasteiger partial charge on any atom is 0.261 e. The Morgan fingerprint density at radius 1 is 1.07 bits per heavy atom. The molecular formula is C19H17ClN4O3S. The van der Waals surface area contributed by atoms with Gasteiger partial charge in [-0.15, -0.1) is 0 Å². The number of nitrogens with one attached hydrogen (secondary N) is 1. The van der Waals surface area contributed by atoms with Crippen LogP contribution in [0.4, 0.5) is 5.69 Å². The molecule has 3 rings (SSSR count). The van der Waals surface area contributed by atoms with Crippen molar-refractivity contribution < 1.29 is 13.2 Å².